The van der Waals surface area contributed by atoms with E-state index in [1.807, 2.05) is 0 Å². The third kappa shape index (κ3) is 3.16. The van der Waals surface area contributed by atoms with Gasteiger partial charge >= 0.3 is 0 Å². The van der Waals surface area contributed by atoms with Crippen molar-refractivity contribution in [2.75, 3.05) is 32.4 Å². The minimum Gasteiger partial charge on any atom is -0.303 e. The molecule has 0 saturated carbocycles. The van der Waals surface area contributed by atoms with E-state index in [0.717, 1.165) is 32.5 Å². The Balaban J connectivity index is 2.53. The topological polar surface area (TPSA) is 40.6 Å². The molecule has 0 radical (unpaired) electrons. The van der Waals surface area contributed by atoms with Crippen molar-refractivity contribution < 1.29 is 8.42 Å². The zero-order chi connectivity index (χ0) is 11.5. The van der Waals surface area contributed by atoms with E-state index in [2.05, 4.69) is 11.8 Å². The first-order valence-electron chi connectivity index (χ1n) is 5.69. The van der Waals surface area contributed by atoms with Crippen LogP contribution in [0.15, 0.2) is 0 Å². The summed E-state index contributed by atoms with van der Waals surface area (Å²) in [7, 11) is -1.29. The Morgan fingerprint density at radius 3 is 2.20 bits per heavy atom. The van der Waals surface area contributed by atoms with E-state index in [1.54, 1.807) is 18.3 Å². The van der Waals surface area contributed by atoms with E-state index in [4.69, 9.17) is 0 Å². The lowest BCUT2D eigenvalue weighted by Gasteiger charge is -2.35. The maximum Gasteiger partial charge on any atom is 0.213 e. The molecule has 15 heavy (non-hydrogen) atoms. The molecule has 0 N–H and O–H groups in total. The first kappa shape index (κ1) is 12.9. The summed E-state index contributed by atoms with van der Waals surface area (Å²) >= 11 is 0. The number of sulfonamides is 1. The maximum absolute atomic E-state index is 11.7. The lowest BCUT2D eigenvalue weighted by Crippen LogP contribution is -2.45. The number of nitrogens with zero attached hydrogens (tertiary/aromatic N) is 2. The zero-order valence-corrected chi connectivity index (χ0v) is 10.8. The summed E-state index contributed by atoms with van der Waals surface area (Å²) in [5.74, 6) is 0.206. The van der Waals surface area contributed by atoms with E-state index >= 15 is 0 Å². The Morgan fingerprint density at radius 2 is 1.80 bits per heavy atom. The number of likely N-dealkylation sites (tertiary alicyclic amines) is 1. The van der Waals surface area contributed by atoms with Gasteiger partial charge in [0.2, 0.25) is 10.0 Å². The SMILES string of the molecule is CCN1CCC(N(C)S(=O)(=O)CC)CC1. The Kier molecular flexibility index (Phi) is 4.55. The second-order valence-corrected chi connectivity index (χ2v) is 6.40. The molecule has 5 heteroatoms. The quantitative estimate of drug-likeness (QED) is 0.721. The van der Waals surface area contributed by atoms with Gasteiger partial charge in [0, 0.05) is 13.1 Å². The third-order valence-corrected chi connectivity index (χ3v) is 5.23. The molecular weight excluding hydrogens is 212 g/mol. The van der Waals surface area contributed by atoms with Gasteiger partial charge in [0.05, 0.1) is 5.75 Å². The summed E-state index contributed by atoms with van der Waals surface area (Å²) in [5.41, 5.74) is 0. The number of hydrogen-bond acceptors (Lipinski definition) is 3. The highest BCUT2D eigenvalue weighted by atomic mass is 32.2. The van der Waals surface area contributed by atoms with E-state index in [0.29, 0.717) is 0 Å². The molecule has 0 aromatic rings. The smallest absolute Gasteiger partial charge is 0.213 e. The fourth-order valence-electron chi connectivity index (χ4n) is 2.03. The van der Waals surface area contributed by atoms with Crippen LogP contribution in [-0.2, 0) is 10.0 Å². The molecule has 1 aliphatic rings. The summed E-state index contributed by atoms with van der Waals surface area (Å²) in [4.78, 5) is 2.36. The van der Waals surface area contributed by atoms with Gasteiger partial charge in [-0.2, -0.15) is 0 Å². The van der Waals surface area contributed by atoms with E-state index < -0.39 is 10.0 Å². The first-order chi connectivity index (χ1) is 7.01. The fourth-order valence-corrected chi connectivity index (χ4v) is 3.10. The molecule has 1 heterocycles. The van der Waals surface area contributed by atoms with Gasteiger partial charge in [0.15, 0.2) is 0 Å². The zero-order valence-electron chi connectivity index (χ0n) is 9.94. The number of hydrogen-bond donors (Lipinski definition) is 0. The van der Waals surface area contributed by atoms with Crippen molar-refractivity contribution in [2.45, 2.75) is 32.7 Å². The molecule has 1 rings (SSSR count). The van der Waals surface area contributed by atoms with Gasteiger partial charge in [-0.05, 0) is 39.4 Å². The molecule has 90 valence electrons. The summed E-state index contributed by atoms with van der Waals surface area (Å²) in [6.45, 7) is 6.95. The molecule has 1 fully saturated rings. The molecule has 1 aliphatic heterocycles. The van der Waals surface area contributed by atoms with Crippen LogP contribution in [0, 0.1) is 0 Å². The van der Waals surface area contributed by atoms with Crippen molar-refractivity contribution in [2.24, 2.45) is 0 Å². The van der Waals surface area contributed by atoms with Crippen LogP contribution in [0.25, 0.3) is 0 Å². The van der Waals surface area contributed by atoms with Crippen LogP contribution in [0.2, 0.25) is 0 Å². The molecule has 0 atom stereocenters. The molecule has 0 aliphatic carbocycles. The highest BCUT2D eigenvalue weighted by Gasteiger charge is 2.27. The lowest BCUT2D eigenvalue weighted by atomic mass is 10.1. The lowest BCUT2D eigenvalue weighted by molar-refractivity contribution is 0.176. The molecule has 0 aromatic carbocycles. The van der Waals surface area contributed by atoms with Crippen LogP contribution >= 0.6 is 0 Å². The molecular formula is C10H22N2O2S. The molecule has 1 saturated heterocycles. The first-order valence-corrected chi connectivity index (χ1v) is 7.30. The van der Waals surface area contributed by atoms with Crippen molar-refractivity contribution >= 4 is 10.0 Å². The van der Waals surface area contributed by atoms with Crippen molar-refractivity contribution in [1.82, 2.24) is 9.21 Å². The van der Waals surface area contributed by atoms with Gasteiger partial charge in [0.25, 0.3) is 0 Å². The van der Waals surface area contributed by atoms with Gasteiger partial charge in [-0.1, -0.05) is 6.92 Å². The molecule has 0 spiro atoms. The van der Waals surface area contributed by atoms with Gasteiger partial charge < -0.3 is 4.90 Å². The molecule has 0 amide bonds. The molecule has 0 bridgehead atoms. The predicted octanol–water partition coefficient (Wildman–Crippen LogP) is 0.752. The Hall–Kier alpha value is -0.130. The monoisotopic (exact) mass is 234 g/mol. The Bertz CT molecular complexity index is 282. The van der Waals surface area contributed by atoms with Crippen molar-refractivity contribution in [3.05, 3.63) is 0 Å². The number of piperidine rings is 1. The third-order valence-electron chi connectivity index (χ3n) is 3.32. The maximum atomic E-state index is 11.7. The summed E-state index contributed by atoms with van der Waals surface area (Å²) in [6.07, 6.45) is 1.92. The van der Waals surface area contributed by atoms with Crippen LogP contribution in [-0.4, -0.2) is 56.1 Å². The minimum atomic E-state index is -3.01. The van der Waals surface area contributed by atoms with Crippen LogP contribution in [0.1, 0.15) is 26.7 Å². The van der Waals surface area contributed by atoms with E-state index in [9.17, 15) is 8.42 Å². The average molecular weight is 234 g/mol. The van der Waals surface area contributed by atoms with Crippen LogP contribution in [0.3, 0.4) is 0 Å². The molecule has 0 unspecified atom stereocenters. The fraction of sp³-hybridized carbons (Fsp3) is 1.00. The van der Waals surface area contributed by atoms with Crippen molar-refractivity contribution in [1.29, 1.82) is 0 Å². The predicted molar refractivity (Wildman–Crippen MR) is 62.4 cm³/mol. The number of rotatable bonds is 4. The second-order valence-electron chi connectivity index (χ2n) is 4.08. The summed E-state index contributed by atoms with van der Waals surface area (Å²) in [5, 5.41) is 0. The van der Waals surface area contributed by atoms with Crippen LogP contribution < -0.4 is 0 Å². The van der Waals surface area contributed by atoms with E-state index in [1.165, 1.54) is 0 Å². The van der Waals surface area contributed by atoms with Gasteiger partial charge in [-0.3, -0.25) is 0 Å². The Morgan fingerprint density at radius 1 is 1.27 bits per heavy atom. The second kappa shape index (κ2) is 5.27. The molecule has 4 nitrogen and oxygen atoms in total. The minimum absolute atomic E-state index is 0.206. The van der Waals surface area contributed by atoms with Crippen LogP contribution in [0.5, 0.6) is 0 Å². The largest absolute Gasteiger partial charge is 0.303 e. The standard InChI is InChI=1S/C10H22N2O2S/c1-4-12-8-6-10(7-9-12)11(3)15(13,14)5-2/h10H,4-9H2,1-3H3. The van der Waals surface area contributed by atoms with Crippen LogP contribution in [0.4, 0.5) is 0 Å². The van der Waals surface area contributed by atoms with Gasteiger partial charge in [0.1, 0.15) is 0 Å². The average Bonchev–Trinajstić information content (AvgIpc) is 2.28. The van der Waals surface area contributed by atoms with Gasteiger partial charge in [-0.25, -0.2) is 12.7 Å². The van der Waals surface area contributed by atoms with Crippen molar-refractivity contribution in [3.63, 3.8) is 0 Å². The highest BCUT2D eigenvalue weighted by molar-refractivity contribution is 7.89. The molecule has 0 aromatic heterocycles. The highest BCUT2D eigenvalue weighted by Crippen LogP contribution is 2.17. The normalized spacial score (nSPS) is 21.1. The Labute approximate surface area is 93.3 Å². The summed E-state index contributed by atoms with van der Waals surface area (Å²) in [6, 6.07) is 0.206. The van der Waals surface area contributed by atoms with E-state index in [-0.39, 0.29) is 11.8 Å². The van der Waals surface area contributed by atoms with Crippen molar-refractivity contribution in [3.8, 4) is 0 Å². The summed E-state index contributed by atoms with van der Waals surface area (Å²) < 4.78 is 24.9. The van der Waals surface area contributed by atoms with Gasteiger partial charge in [-0.15, -0.1) is 0 Å².